The Balaban J connectivity index is 2.36. The molecule has 2 rings (SSSR count). The zero-order valence-electron chi connectivity index (χ0n) is 12.3. The molecule has 1 aromatic rings. The van der Waals surface area contributed by atoms with Gasteiger partial charge in [0.05, 0.1) is 6.04 Å². The van der Waals surface area contributed by atoms with Crippen molar-refractivity contribution in [3.63, 3.8) is 0 Å². The first-order valence-corrected chi connectivity index (χ1v) is 9.14. The molecule has 1 aliphatic heterocycles. The van der Waals surface area contributed by atoms with Gasteiger partial charge >= 0.3 is 0 Å². The SMILES string of the molecule is CCC1SCCSC1C(NN)c1c(C)cc(C)cc1F. The second-order valence-electron chi connectivity index (χ2n) is 5.27. The van der Waals surface area contributed by atoms with E-state index in [-0.39, 0.29) is 11.9 Å². The van der Waals surface area contributed by atoms with Crippen molar-refractivity contribution >= 4 is 23.5 Å². The summed E-state index contributed by atoms with van der Waals surface area (Å²) in [6, 6.07) is 3.51. The number of thioether (sulfide) groups is 2. The van der Waals surface area contributed by atoms with Crippen molar-refractivity contribution in [1.82, 2.24) is 5.43 Å². The average molecular weight is 314 g/mol. The Kier molecular flexibility index (Phi) is 5.78. The van der Waals surface area contributed by atoms with E-state index in [1.54, 1.807) is 6.07 Å². The van der Waals surface area contributed by atoms with Crippen LogP contribution < -0.4 is 11.3 Å². The second kappa shape index (κ2) is 7.16. The molecule has 0 saturated carbocycles. The quantitative estimate of drug-likeness (QED) is 0.658. The van der Waals surface area contributed by atoms with Crippen LogP contribution in [-0.4, -0.2) is 22.0 Å². The van der Waals surface area contributed by atoms with Crippen molar-refractivity contribution in [2.24, 2.45) is 5.84 Å². The zero-order valence-corrected chi connectivity index (χ0v) is 13.9. The maximum atomic E-state index is 14.4. The Morgan fingerprint density at radius 2 is 2.05 bits per heavy atom. The normalized spacial score (nSPS) is 24.6. The standard InChI is InChI=1S/C15H23FN2S2/c1-4-12-15(20-6-5-19-12)14(18-17)13-10(3)7-9(2)8-11(13)16/h7-8,12,14-15,18H,4-6,17H2,1-3H3. The van der Waals surface area contributed by atoms with Crippen molar-refractivity contribution < 1.29 is 4.39 Å². The van der Waals surface area contributed by atoms with Crippen molar-refractivity contribution in [3.05, 3.63) is 34.6 Å². The zero-order chi connectivity index (χ0) is 14.7. The molecule has 0 bridgehead atoms. The van der Waals surface area contributed by atoms with E-state index in [9.17, 15) is 4.39 Å². The molecule has 1 heterocycles. The van der Waals surface area contributed by atoms with Crippen molar-refractivity contribution in [3.8, 4) is 0 Å². The highest BCUT2D eigenvalue weighted by Gasteiger charge is 2.34. The molecular weight excluding hydrogens is 291 g/mol. The number of benzene rings is 1. The van der Waals surface area contributed by atoms with Crippen LogP contribution in [-0.2, 0) is 0 Å². The number of hydrazine groups is 1. The van der Waals surface area contributed by atoms with Crippen LogP contribution in [0.4, 0.5) is 4.39 Å². The molecule has 3 unspecified atom stereocenters. The van der Waals surface area contributed by atoms with E-state index in [0.717, 1.165) is 28.9 Å². The largest absolute Gasteiger partial charge is 0.271 e. The summed E-state index contributed by atoms with van der Waals surface area (Å²) < 4.78 is 14.4. The number of rotatable bonds is 4. The van der Waals surface area contributed by atoms with E-state index >= 15 is 0 Å². The molecule has 2 nitrogen and oxygen atoms in total. The van der Waals surface area contributed by atoms with Crippen LogP contribution in [0.15, 0.2) is 12.1 Å². The van der Waals surface area contributed by atoms with Gasteiger partial charge in [0.2, 0.25) is 0 Å². The smallest absolute Gasteiger partial charge is 0.128 e. The van der Waals surface area contributed by atoms with Gasteiger partial charge in [-0.25, -0.2) is 4.39 Å². The number of aryl methyl sites for hydroxylation is 2. The maximum absolute atomic E-state index is 14.4. The van der Waals surface area contributed by atoms with Crippen molar-refractivity contribution in [1.29, 1.82) is 0 Å². The molecule has 0 spiro atoms. The second-order valence-corrected chi connectivity index (χ2v) is 7.91. The number of nitrogens with two attached hydrogens (primary N) is 1. The van der Waals surface area contributed by atoms with Gasteiger partial charge in [-0.05, 0) is 37.5 Å². The van der Waals surface area contributed by atoms with Crippen molar-refractivity contribution in [2.75, 3.05) is 11.5 Å². The molecule has 5 heteroatoms. The highest BCUT2D eigenvalue weighted by Crippen LogP contribution is 2.41. The minimum Gasteiger partial charge on any atom is -0.271 e. The average Bonchev–Trinajstić information content (AvgIpc) is 2.42. The third-order valence-electron chi connectivity index (χ3n) is 3.79. The van der Waals surface area contributed by atoms with E-state index in [4.69, 9.17) is 5.84 Å². The molecule has 0 radical (unpaired) electrons. The van der Waals surface area contributed by atoms with Gasteiger partial charge in [-0.15, -0.1) is 0 Å². The molecule has 1 aliphatic rings. The van der Waals surface area contributed by atoms with E-state index < -0.39 is 0 Å². The van der Waals surface area contributed by atoms with E-state index in [0.29, 0.717) is 10.5 Å². The third kappa shape index (κ3) is 3.32. The Morgan fingerprint density at radius 3 is 2.65 bits per heavy atom. The van der Waals surface area contributed by atoms with Gasteiger partial charge in [-0.2, -0.15) is 23.5 Å². The van der Waals surface area contributed by atoms with E-state index in [1.165, 1.54) is 5.75 Å². The van der Waals surface area contributed by atoms with Gasteiger partial charge in [0.15, 0.2) is 0 Å². The first-order chi connectivity index (χ1) is 9.58. The fraction of sp³-hybridized carbons (Fsp3) is 0.600. The number of hydrogen-bond donors (Lipinski definition) is 2. The minimum absolute atomic E-state index is 0.127. The molecule has 1 fully saturated rings. The summed E-state index contributed by atoms with van der Waals surface area (Å²) in [5.41, 5.74) is 5.55. The number of hydrogen-bond acceptors (Lipinski definition) is 4. The summed E-state index contributed by atoms with van der Waals surface area (Å²) in [4.78, 5) is 0. The Bertz CT molecular complexity index is 444. The minimum atomic E-state index is -0.142. The Hall–Kier alpha value is -0.230. The summed E-state index contributed by atoms with van der Waals surface area (Å²) in [6.45, 7) is 6.09. The van der Waals surface area contributed by atoms with Crippen LogP contribution in [0, 0.1) is 19.7 Å². The molecular formula is C15H23FN2S2. The third-order valence-corrected chi connectivity index (χ3v) is 7.14. The lowest BCUT2D eigenvalue weighted by molar-refractivity contribution is 0.482. The number of nitrogens with one attached hydrogen (secondary N) is 1. The summed E-state index contributed by atoms with van der Waals surface area (Å²) in [5, 5.41) is 0.842. The summed E-state index contributed by atoms with van der Waals surface area (Å²) in [5.74, 6) is 7.93. The lowest BCUT2D eigenvalue weighted by Crippen LogP contribution is -2.42. The van der Waals surface area contributed by atoms with Crippen LogP contribution >= 0.6 is 23.5 Å². The summed E-state index contributed by atoms with van der Waals surface area (Å²) >= 11 is 3.90. The van der Waals surface area contributed by atoms with Gasteiger partial charge in [0.1, 0.15) is 5.82 Å². The summed E-state index contributed by atoms with van der Waals surface area (Å²) in [7, 11) is 0. The van der Waals surface area contributed by atoms with Crippen LogP contribution in [0.3, 0.4) is 0 Å². The Morgan fingerprint density at radius 1 is 1.35 bits per heavy atom. The molecule has 1 aromatic carbocycles. The molecule has 112 valence electrons. The maximum Gasteiger partial charge on any atom is 0.128 e. The molecule has 0 aliphatic carbocycles. The lowest BCUT2D eigenvalue weighted by atomic mass is 9.94. The van der Waals surface area contributed by atoms with Crippen LogP contribution in [0.1, 0.15) is 36.1 Å². The lowest BCUT2D eigenvalue weighted by Gasteiger charge is -2.36. The van der Waals surface area contributed by atoms with Crippen LogP contribution in [0.25, 0.3) is 0 Å². The predicted octanol–water partition coefficient (Wildman–Crippen LogP) is 3.57. The fourth-order valence-corrected chi connectivity index (χ4v) is 6.12. The first-order valence-electron chi connectivity index (χ1n) is 7.04. The topological polar surface area (TPSA) is 38.0 Å². The number of halogens is 1. The van der Waals surface area contributed by atoms with Crippen LogP contribution in [0.5, 0.6) is 0 Å². The van der Waals surface area contributed by atoms with E-state index in [1.807, 2.05) is 43.4 Å². The van der Waals surface area contributed by atoms with Gasteiger partial charge in [-0.1, -0.05) is 13.0 Å². The molecule has 1 saturated heterocycles. The molecule has 3 atom stereocenters. The van der Waals surface area contributed by atoms with Gasteiger partial charge < -0.3 is 0 Å². The van der Waals surface area contributed by atoms with Crippen LogP contribution in [0.2, 0.25) is 0 Å². The Labute approximate surface area is 129 Å². The fourth-order valence-electron chi connectivity index (χ4n) is 2.91. The predicted molar refractivity (Wildman–Crippen MR) is 88.7 cm³/mol. The molecule has 0 amide bonds. The first kappa shape index (κ1) is 16.1. The molecule has 0 aromatic heterocycles. The molecule has 20 heavy (non-hydrogen) atoms. The van der Waals surface area contributed by atoms with Crippen molar-refractivity contribution in [2.45, 2.75) is 43.7 Å². The highest BCUT2D eigenvalue weighted by molar-refractivity contribution is 8.07. The van der Waals surface area contributed by atoms with E-state index in [2.05, 4.69) is 12.3 Å². The summed E-state index contributed by atoms with van der Waals surface area (Å²) in [6.07, 6.45) is 1.09. The highest BCUT2D eigenvalue weighted by atomic mass is 32.2. The van der Waals surface area contributed by atoms with Gasteiger partial charge in [-0.3, -0.25) is 11.3 Å². The monoisotopic (exact) mass is 314 g/mol. The van der Waals surface area contributed by atoms with Gasteiger partial charge in [0.25, 0.3) is 0 Å². The van der Waals surface area contributed by atoms with Gasteiger partial charge in [0, 0.05) is 27.6 Å². The molecule has 3 N–H and O–H groups in total.